The highest BCUT2D eigenvalue weighted by Crippen LogP contribution is 2.26. The third-order valence-electron chi connectivity index (χ3n) is 5.30. The molecule has 23 heavy (non-hydrogen) atoms. The predicted octanol–water partition coefficient (Wildman–Crippen LogP) is 2.64. The molecule has 1 unspecified atom stereocenters. The zero-order valence-corrected chi connectivity index (χ0v) is 13.9. The summed E-state index contributed by atoms with van der Waals surface area (Å²) in [6, 6.07) is 11.4. The Balaban J connectivity index is 1.45. The van der Waals surface area contributed by atoms with Crippen LogP contribution in [0.2, 0.25) is 0 Å². The van der Waals surface area contributed by atoms with Crippen LogP contribution in [0.15, 0.2) is 30.3 Å². The van der Waals surface area contributed by atoms with E-state index in [4.69, 9.17) is 0 Å². The van der Waals surface area contributed by atoms with Crippen LogP contribution in [0.25, 0.3) is 10.9 Å². The summed E-state index contributed by atoms with van der Waals surface area (Å²) >= 11 is 0. The van der Waals surface area contributed by atoms with E-state index in [1.807, 2.05) is 0 Å². The molecule has 2 N–H and O–H groups in total. The summed E-state index contributed by atoms with van der Waals surface area (Å²) < 4.78 is 0. The molecule has 0 spiro atoms. The Kier molecular flexibility index (Phi) is 4.19. The summed E-state index contributed by atoms with van der Waals surface area (Å²) in [6.07, 6.45) is 2.66. The van der Waals surface area contributed by atoms with Crippen molar-refractivity contribution in [2.24, 2.45) is 5.92 Å². The quantitative estimate of drug-likeness (QED) is 0.914. The molecule has 3 heterocycles. The number of aromatic nitrogens is 1. The standard InChI is InChI=1S/C19H26N4/c1-14-10-19(17-4-2-3-5-18(17)22-14)21-11-15-6-7-16-12-20-8-9-23(16)13-15/h2-5,10,15-16,20H,6-9,11-13H2,1H3,(H,21,22)/t15?,16-/m1/s1. The third kappa shape index (κ3) is 3.19. The van der Waals surface area contributed by atoms with E-state index in [0.29, 0.717) is 0 Å². The summed E-state index contributed by atoms with van der Waals surface area (Å²) in [4.78, 5) is 7.31. The Labute approximate surface area is 138 Å². The Morgan fingerprint density at radius 3 is 3.17 bits per heavy atom. The summed E-state index contributed by atoms with van der Waals surface area (Å²) in [5, 5.41) is 8.46. The van der Waals surface area contributed by atoms with E-state index in [1.54, 1.807) is 0 Å². The maximum absolute atomic E-state index is 4.63. The van der Waals surface area contributed by atoms with Crippen LogP contribution in [-0.2, 0) is 0 Å². The van der Waals surface area contributed by atoms with E-state index in [-0.39, 0.29) is 0 Å². The maximum Gasteiger partial charge on any atom is 0.0725 e. The lowest BCUT2D eigenvalue weighted by atomic mass is 9.91. The van der Waals surface area contributed by atoms with E-state index in [1.165, 1.54) is 43.5 Å². The number of piperazine rings is 1. The van der Waals surface area contributed by atoms with E-state index in [2.05, 4.69) is 57.8 Å². The minimum Gasteiger partial charge on any atom is -0.384 e. The fourth-order valence-corrected chi connectivity index (χ4v) is 4.05. The second kappa shape index (κ2) is 6.46. The van der Waals surface area contributed by atoms with Gasteiger partial charge < -0.3 is 10.6 Å². The lowest BCUT2D eigenvalue weighted by Crippen LogP contribution is -2.55. The van der Waals surface area contributed by atoms with Crippen LogP contribution < -0.4 is 10.6 Å². The molecule has 2 aliphatic rings. The molecule has 0 bridgehead atoms. The van der Waals surface area contributed by atoms with Gasteiger partial charge in [-0.05, 0) is 37.8 Å². The number of benzene rings is 1. The SMILES string of the molecule is Cc1cc(NCC2CC[C@@H]3CNCCN3C2)c2ccccc2n1. The number of pyridine rings is 1. The summed E-state index contributed by atoms with van der Waals surface area (Å²) in [7, 11) is 0. The monoisotopic (exact) mass is 310 g/mol. The maximum atomic E-state index is 4.63. The third-order valence-corrected chi connectivity index (χ3v) is 5.30. The molecular weight excluding hydrogens is 284 g/mol. The molecule has 122 valence electrons. The summed E-state index contributed by atoms with van der Waals surface area (Å²) in [6.45, 7) is 7.90. The minimum atomic E-state index is 0.747. The second-order valence-corrected chi connectivity index (χ2v) is 7.01. The number of nitrogens with one attached hydrogen (secondary N) is 2. The number of rotatable bonds is 3. The fraction of sp³-hybridized carbons (Fsp3) is 0.526. The molecule has 0 saturated carbocycles. The van der Waals surface area contributed by atoms with Gasteiger partial charge in [-0.1, -0.05) is 18.2 Å². The van der Waals surface area contributed by atoms with Crippen molar-refractivity contribution >= 4 is 16.6 Å². The van der Waals surface area contributed by atoms with E-state index in [9.17, 15) is 0 Å². The first-order valence-electron chi connectivity index (χ1n) is 8.84. The first-order valence-corrected chi connectivity index (χ1v) is 8.84. The van der Waals surface area contributed by atoms with E-state index >= 15 is 0 Å². The zero-order chi connectivity index (χ0) is 15.6. The Hall–Kier alpha value is -1.65. The minimum absolute atomic E-state index is 0.747. The van der Waals surface area contributed by atoms with Crippen molar-refractivity contribution in [3.63, 3.8) is 0 Å². The van der Waals surface area contributed by atoms with Gasteiger partial charge in [0.25, 0.3) is 0 Å². The molecule has 2 aliphatic heterocycles. The second-order valence-electron chi connectivity index (χ2n) is 7.01. The highest BCUT2D eigenvalue weighted by Gasteiger charge is 2.29. The Bertz CT molecular complexity index is 684. The molecule has 0 radical (unpaired) electrons. The Morgan fingerprint density at radius 1 is 1.30 bits per heavy atom. The van der Waals surface area contributed by atoms with Crippen molar-refractivity contribution in [3.05, 3.63) is 36.0 Å². The number of nitrogens with zero attached hydrogens (tertiary/aromatic N) is 2. The Morgan fingerprint density at radius 2 is 2.22 bits per heavy atom. The molecule has 1 aromatic heterocycles. The highest BCUT2D eigenvalue weighted by atomic mass is 15.2. The van der Waals surface area contributed by atoms with Gasteiger partial charge in [-0.15, -0.1) is 0 Å². The number of fused-ring (bicyclic) bond motifs is 2. The molecule has 0 amide bonds. The number of para-hydroxylation sites is 1. The van der Waals surface area contributed by atoms with Crippen LogP contribution in [0.1, 0.15) is 18.5 Å². The van der Waals surface area contributed by atoms with Gasteiger partial charge in [-0.3, -0.25) is 9.88 Å². The smallest absolute Gasteiger partial charge is 0.0725 e. The summed E-state index contributed by atoms with van der Waals surface area (Å²) in [5.41, 5.74) is 3.40. The van der Waals surface area contributed by atoms with Gasteiger partial charge in [0.15, 0.2) is 0 Å². The van der Waals surface area contributed by atoms with Gasteiger partial charge in [-0.25, -0.2) is 0 Å². The molecular formula is C19H26N4. The summed E-state index contributed by atoms with van der Waals surface area (Å²) in [5.74, 6) is 0.747. The van der Waals surface area contributed by atoms with Gasteiger partial charge in [0.05, 0.1) is 5.52 Å². The number of piperidine rings is 1. The van der Waals surface area contributed by atoms with Gasteiger partial charge in [0, 0.05) is 55.5 Å². The molecule has 2 atom stereocenters. The number of aryl methyl sites for hydroxylation is 1. The van der Waals surface area contributed by atoms with Crippen LogP contribution in [0.5, 0.6) is 0 Å². The average molecular weight is 310 g/mol. The van der Waals surface area contributed by atoms with Gasteiger partial charge in [-0.2, -0.15) is 0 Å². The zero-order valence-electron chi connectivity index (χ0n) is 13.9. The number of hydrogen-bond acceptors (Lipinski definition) is 4. The number of hydrogen-bond donors (Lipinski definition) is 2. The normalized spacial score (nSPS) is 25.3. The molecule has 1 aromatic carbocycles. The number of anilines is 1. The van der Waals surface area contributed by atoms with Crippen molar-refractivity contribution in [2.75, 3.05) is 38.0 Å². The van der Waals surface area contributed by atoms with E-state index < -0.39 is 0 Å². The fourth-order valence-electron chi connectivity index (χ4n) is 4.05. The van der Waals surface area contributed by atoms with E-state index in [0.717, 1.165) is 36.3 Å². The molecule has 2 fully saturated rings. The molecule has 4 nitrogen and oxygen atoms in total. The largest absolute Gasteiger partial charge is 0.384 e. The highest BCUT2D eigenvalue weighted by molar-refractivity contribution is 5.91. The molecule has 0 aliphatic carbocycles. The van der Waals surface area contributed by atoms with Crippen LogP contribution in [-0.4, -0.2) is 48.6 Å². The van der Waals surface area contributed by atoms with Gasteiger partial charge in [0.1, 0.15) is 0 Å². The van der Waals surface area contributed by atoms with Gasteiger partial charge in [0.2, 0.25) is 0 Å². The van der Waals surface area contributed by atoms with Crippen molar-refractivity contribution in [1.82, 2.24) is 15.2 Å². The van der Waals surface area contributed by atoms with Crippen molar-refractivity contribution in [3.8, 4) is 0 Å². The van der Waals surface area contributed by atoms with Crippen LogP contribution in [0.4, 0.5) is 5.69 Å². The average Bonchev–Trinajstić information content (AvgIpc) is 2.59. The lowest BCUT2D eigenvalue weighted by molar-refractivity contribution is 0.0894. The first-order chi connectivity index (χ1) is 11.3. The van der Waals surface area contributed by atoms with Crippen molar-refractivity contribution < 1.29 is 0 Å². The predicted molar refractivity (Wildman–Crippen MR) is 95.9 cm³/mol. The molecule has 4 heteroatoms. The topological polar surface area (TPSA) is 40.2 Å². The van der Waals surface area contributed by atoms with Gasteiger partial charge >= 0.3 is 0 Å². The first kappa shape index (κ1) is 14.9. The molecule has 2 aromatic rings. The lowest BCUT2D eigenvalue weighted by Gasteiger charge is -2.43. The molecule has 4 rings (SSSR count). The van der Waals surface area contributed by atoms with Crippen LogP contribution >= 0.6 is 0 Å². The van der Waals surface area contributed by atoms with Crippen LogP contribution in [0, 0.1) is 12.8 Å². The van der Waals surface area contributed by atoms with Crippen molar-refractivity contribution in [2.45, 2.75) is 25.8 Å². The molecule has 2 saturated heterocycles. The van der Waals surface area contributed by atoms with Crippen molar-refractivity contribution in [1.29, 1.82) is 0 Å². The van der Waals surface area contributed by atoms with Crippen LogP contribution in [0.3, 0.4) is 0 Å².